The summed E-state index contributed by atoms with van der Waals surface area (Å²) in [5.74, 6) is -1.63. The molecule has 2 rings (SSSR count). The van der Waals surface area contributed by atoms with Gasteiger partial charge in [-0.3, -0.25) is 0 Å². The Hall–Kier alpha value is -1.74. The van der Waals surface area contributed by atoms with Crippen LogP contribution < -0.4 is 5.32 Å². The van der Waals surface area contributed by atoms with Crippen molar-refractivity contribution in [2.45, 2.75) is 32.7 Å². The highest BCUT2D eigenvalue weighted by Gasteiger charge is 2.09. The van der Waals surface area contributed by atoms with E-state index in [1.807, 2.05) is 24.3 Å². The van der Waals surface area contributed by atoms with Crippen LogP contribution in [0.15, 0.2) is 42.5 Å². The third-order valence-corrected chi connectivity index (χ3v) is 3.61. The van der Waals surface area contributed by atoms with Crippen LogP contribution >= 0.6 is 0 Å². The number of nitrogens with one attached hydrogen (secondary N) is 1. The molecular weight excluding hydrogens is 268 g/mol. The minimum atomic E-state index is -0.815. The fraction of sp³-hybridized carbons (Fsp3) is 0.333. The van der Waals surface area contributed by atoms with Crippen LogP contribution in [-0.4, -0.2) is 6.54 Å². The maximum absolute atomic E-state index is 13.3. The molecule has 1 unspecified atom stereocenters. The van der Waals surface area contributed by atoms with Crippen LogP contribution in [0.2, 0.25) is 0 Å². The molecule has 0 aliphatic rings. The zero-order chi connectivity index (χ0) is 15.2. The first-order valence-electron chi connectivity index (χ1n) is 7.44. The van der Waals surface area contributed by atoms with Crippen molar-refractivity contribution in [1.82, 2.24) is 5.32 Å². The van der Waals surface area contributed by atoms with Crippen LogP contribution in [0.1, 0.15) is 38.3 Å². The Kier molecular flexibility index (Phi) is 5.45. The second-order valence-corrected chi connectivity index (χ2v) is 5.17. The van der Waals surface area contributed by atoms with Gasteiger partial charge in [0.2, 0.25) is 0 Å². The summed E-state index contributed by atoms with van der Waals surface area (Å²) in [7, 11) is 0. The van der Waals surface area contributed by atoms with Gasteiger partial charge in [-0.2, -0.15) is 0 Å². The van der Waals surface area contributed by atoms with Crippen molar-refractivity contribution in [3.63, 3.8) is 0 Å². The standard InChI is InChI=1S/C18H21F2N/c1-3-11-21-18(4-2)14-7-5-13(6-8-14)15-9-10-16(19)17(20)12-15/h5-10,12,18,21H,3-4,11H2,1-2H3. The van der Waals surface area contributed by atoms with Gasteiger partial charge in [0.1, 0.15) is 0 Å². The lowest BCUT2D eigenvalue weighted by atomic mass is 9.99. The highest BCUT2D eigenvalue weighted by Crippen LogP contribution is 2.24. The molecule has 0 saturated carbocycles. The molecule has 112 valence electrons. The molecule has 0 amide bonds. The van der Waals surface area contributed by atoms with Crippen LogP contribution in [0.4, 0.5) is 8.78 Å². The normalized spacial score (nSPS) is 12.4. The molecule has 2 aromatic carbocycles. The minimum absolute atomic E-state index is 0.337. The highest BCUT2D eigenvalue weighted by atomic mass is 19.2. The van der Waals surface area contributed by atoms with Crippen LogP contribution in [0.5, 0.6) is 0 Å². The van der Waals surface area contributed by atoms with Crippen molar-refractivity contribution in [1.29, 1.82) is 0 Å². The molecule has 1 N–H and O–H groups in total. The van der Waals surface area contributed by atoms with Crippen molar-refractivity contribution in [3.8, 4) is 11.1 Å². The smallest absolute Gasteiger partial charge is 0.159 e. The molecule has 1 nitrogen and oxygen atoms in total. The molecule has 0 spiro atoms. The molecule has 0 saturated heterocycles. The third kappa shape index (κ3) is 3.88. The average Bonchev–Trinajstić information content (AvgIpc) is 2.51. The summed E-state index contributed by atoms with van der Waals surface area (Å²) in [5.41, 5.74) is 2.80. The Bertz CT molecular complexity index is 578. The number of hydrogen-bond donors (Lipinski definition) is 1. The quantitative estimate of drug-likeness (QED) is 0.781. The molecule has 1 atom stereocenters. The first kappa shape index (κ1) is 15.6. The van der Waals surface area contributed by atoms with Gasteiger partial charge in [0.25, 0.3) is 0 Å². The molecule has 0 heterocycles. The molecule has 0 bridgehead atoms. The Labute approximate surface area is 125 Å². The van der Waals surface area contributed by atoms with Crippen LogP contribution in [0, 0.1) is 11.6 Å². The zero-order valence-electron chi connectivity index (χ0n) is 12.5. The first-order valence-corrected chi connectivity index (χ1v) is 7.44. The predicted molar refractivity (Wildman–Crippen MR) is 83.1 cm³/mol. The first-order chi connectivity index (χ1) is 10.2. The maximum atomic E-state index is 13.3. The van der Waals surface area contributed by atoms with Gasteiger partial charge in [0.05, 0.1) is 0 Å². The van der Waals surface area contributed by atoms with Crippen molar-refractivity contribution < 1.29 is 8.78 Å². The molecule has 0 radical (unpaired) electrons. The molecular formula is C18H21F2N. The molecule has 0 aliphatic heterocycles. The summed E-state index contributed by atoms with van der Waals surface area (Å²) in [6.07, 6.45) is 2.12. The molecule has 3 heteroatoms. The van der Waals surface area contributed by atoms with Gasteiger partial charge in [0.15, 0.2) is 11.6 Å². The molecule has 0 aliphatic carbocycles. The predicted octanol–water partition coefficient (Wildman–Crippen LogP) is 5.08. The molecule has 2 aromatic rings. The average molecular weight is 289 g/mol. The van der Waals surface area contributed by atoms with Crippen LogP contribution in [0.25, 0.3) is 11.1 Å². The van der Waals surface area contributed by atoms with Crippen molar-refractivity contribution in [2.24, 2.45) is 0 Å². The fourth-order valence-corrected chi connectivity index (χ4v) is 2.40. The van der Waals surface area contributed by atoms with Crippen molar-refractivity contribution in [2.75, 3.05) is 6.54 Å². The number of halogens is 2. The van der Waals surface area contributed by atoms with E-state index in [9.17, 15) is 8.78 Å². The lowest BCUT2D eigenvalue weighted by Gasteiger charge is -2.17. The second kappa shape index (κ2) is 7.32. The summed E-state index contributed by atoms with van der Waals surface area (Å²) in [6.45, 7) is 5.28. The topological polar surface area (TPSA) is 12.0 Å². The van der Waals surface area contributed by atoms with Gasteiger partial charge < -0.3 is 5.32 Å². The Morgan fingerprint density at radius 3 is 2.14 bits per heavy atom. The van der Waals surface area contributed by atoms with E-state index in [0.717, 1.165) is 31.0 Å². The third-order valence-electron chi connectivity index (χ3n) is 3.61. The zero-order valence-corrected chi connectivity index (χ0v) is 12.5. The van der Waals surface area contributed by atoms with Gasteiger partial charge >= 0.3 is 0 Å². The maximum Gasteiger partial charge on any atom is 0.159 e. The lowest BCUT2D eigenvalue weighted by Crippen LogP contribution is -2.21. The SMILES string of the molecule is CCCNC(CC)c1ccc(-c2ccc(F)c(F)c2)cc1. The summed E-state index contributed by atoms with van der Waals surface area (Å²) < 4.78 is 26.2. The van der Waals surface area contributed by atoms with E-state index in [1.54, 1.807) is 6.07 Å². The molecule has 0 fully saturated rings. The van der Waals surface area contributed by atoms with Gasteiger partial charge in [-0.15, -0.1) is 0 Å². The fourth-order valence-electron chi connectivity index (χ4n) is 2.40. The van der Waals surface area contributed by atoms with E-state index in [4.69, 9.17) is 0 Å². The van der Waals surface area contributed by atoms with E-state index in [-0.39, 0.29) is 0 Å². The van der Waals surface area contributed by atoms with Crippen molar-refractivity contribution in [3.05, 3.63) is 59.7 Å². The Morgan fingerprint density at radius 1 is 0.905 bits per heavy atom. The molecule has 21 heavy (non-hydrogen) atoms. The van der Waals surface area contributed by atoms with E-state index >= 15 is 0 Å². The summed E-state index contributed by atoms with van der Waals surface area (Å²) in [5, 5.41) is 3.50. The summed E-state index contributed by atoms with van der Waals surface area (Å²) in [6, 6.07) is 12.3. The Morgan fingerprint density at radius 2 is 1.57 bits per heavy atom. The number of hydrogen-bond acceptors (Lipinski definition) is 1. The van der Waals surface area contributed by atoms with E-state index in [2.05, 4.69) is 19.2 Å². The lowest BCUT2D eigenvalue weighted by molar-refractivity contribution is 0.509. The number of rotatable bonds is 6. The summed E-state index contributed by atoms with van der Waals surface area (Å²) in [4.78, 5) is 0. The minimum Gasteiger partial charge on any atom is -0.310 e. The van der Waals surface area contributed by atoms with E-state index < -0.39 is 11.6 Å². The summed E-state index contributed by atoms with van der Waals surface area (Å²) >= 11 is 0. The highest BCUT2D eigenvalue weighted by molar-refractivity contribution is 5.63. The van der Waals surface area contributed by atoms with Gasteiger partial charge in [-0.1, -0.05) is 44.2 Å². The van der Waals surface area contributed by atoms with Gasteiger partial charge in [0, 0.05) is 6.04 Å². The van der Waals surface area contributed by atoms with E-state index in [1.165, 1.54) is 11.6 Å². The largest absolute Gasteiger partial charge is 0.310 e. The van der Waals surface area contributed by atoms with E-state index in [0.29, 0.717) is 11.6 Å². The Balaban J connectivity index is 2.19. The van der Waals surface area contributed by atoms with Gasteiger partial charge in [-0.25, -0.2) is 8.78 Å². The second-order valence-electron chi connectivity index (χ2n) is 5.17. The number of benzene rings is 2. The van der Waals surface area contributed by atoms with Crippen LogP contribution in [0.3, 0.4) is 0 Å². The molecule has 0 aromatic heterocycles. The van der Waals surface area contributed by atoms with Gasteiger partial charge in [-0.05, 0) is 48.2 Å². The monoisotopic (exact) mass is 289 g/mol. The van der Waals surface area contributed by atoms with Crippen LogP contribution in [-0.2, 0) is 0 Å². The van der Waals surface area contributed by atoms with Crippen molar-refractivity contribution >= 4 is 0 Å².